The van der Waals surface area contributed by atoms with Gasteiger partial charge in [-0.15, -0.1) is 0 Å². The molecule has 12 heteroatoms. The van der Waals surface area contributed by atoms with Gasteiger partial charge in [0.1, 0.15) is 17.2 Å². The fourth-order valence-electron chi connectivity index (χ4n) is 9.18. The third-order valence-electron chi connectivity index (χ3n) is 13.7. The second kappa shape index (κ2) is 22.4. The van der Waals surface area contributed by atoms with E-state index >= 15 is 0 Å². The molecule has 0 radical (unpaired) electrons. The minimum atomic E-state index is -0.698. The van der Waals surface area contributed by atoms with Crippen molar-refractivity contribution in [2.24, 2.45) is 0 Å². The summed E-state index contributed by atoms with van der Waals surface area (Å²) in [5.74, 6) is -0.286. The number of rotatable bonds is 15. The molecule has 3 N–H and O–H groups in total. The number of esters is 3. The van der Waals surface area contributed by atoms with Gasteiger partial charge in [-0.3, -0.25) is 14.4 Å². The molecule has 402 valence electrons. The van der Waals surface area contributed by atoms with Crippen LogP contribution in [0.5, 0.6) is 17.2 Å². The normalized spacial score (nSPS) is 16.3. The summed E-state index contributed by atoms with van der Waals surface area (Å²) < 4.78 is 18.3. The van der Waals surface area contributed by atoms with Crippen LogP contribution in [-0.2, 0) is 80.3 Å². The van der Waals surface area contributed by atoms with E-state index < -0.39 is 18.7 Å². The molecule has 72 heavy (non-hydrogen) atoms. The molecule has 3 unspecified atom stereocenters. The number of carbonyl (C=O) groups is 3. The minimum Gasteiger partial charge on any atom is -0.507 e. The van der Waals surface area contributed by atoms with Crippen molar-refractivity contribution in [2.45, 2.75) is 235 Å². The maximum Gasteiger partial charge on any atom is 0.307 e. The quantitative estimate of drug-likeness (QED) is 0.0983. The minimum absolute atomic E-state index is 0.122. The second-order valence-electron chi connectivity index (χ2n) is 26.6. The maximum atomic E-state index is 13.6. The maximum absolute atomic E-state index is 13.6. The Balaban J connectivity index is 1.54. The van der Waals surface area contributed by atoms with Gasteiger partial charge in [-0.2, -0.15) is 0 Å². The lowest BCUT2D eigenvalue weighted by Gasteiger charge is -2.47. The Morgan fingerprint density at radius 2 is 0.556 bits per heavy atom. The number of phenols is 3. The summed E-state index contributed by atoms with van der Waals surface area (Å²) in [5.41, 5.74) is 5.97. The number of phenolic OH excluding ortho intramolecular Hbond substituents is 3. The number of hydrogen-bond acceptors (Lipinski definition) is 12. The van der Waals surface area contributed by atoms with Gasteiger partial charge in [0, 0.05) is 19.3 Å². The van der Waals surface area contributed by atoms with Gasteiger partial charge in [-0.25, -0.2) is 14.7 Å². The molecule has 0 spiro atoms. The standard InChI is InChI=1S/C60H93N3O9/c1-37(70-49(64)25-22-40-28-43(55(4,5)6)52(67)44(29-40)56(7,8)9)61-34-62(38(2)71-50(65)26-23-41-30-45(57(10,11)12)53(68)46(31-41)58(13,14)15)36-63(35-61)39(3)72-51(66)27-24-42-32-47(59(16,17)18)54(69)48(33-42)60(19,20)21/h28-33,37-39,67-69H,22-27,34-36H2,1-21H3. The Morgan fingerprint density at radius 1 is 0.389 bits per heavy atom. The number of benzene rings is 3. The Bertz CT molecular complexity index is 2020. The van der Waals surface area contributed by atoms with Gasteiger partial charge in [0.05, 0.1) is 20.0 Å². The van der Waals surface area contributed by atoms with Gasteiger partial charge < -0.3 is 29.5 Å². The molecule has 12 nitrogen and oxygen atoms in total. The van der Waals surface area contributed by atoms with Crippen molar-refractivity contribution in [3.63, 3.8) is 0 Å². The van der Waals surface area contributed by atoms with Crippen LogP contribution in [0.15, 0.2) is 36.4 Å². The van der Waals surface area contributed by atoms with Crippen LogP contribution in [0.4, 0.5) is 0 Å². The summed E-state index contributed by atoms with van der Waals surface area (Å²) in [7, 11) is 0. The van der Waals surface area contributed by atoms with Crippen LogP contribution in [-0.4, -0.2) is 86.6 Å². The Morgan fingerprint density at radius 3 is 0.708 bits per heavy atom. The Hall–Kier alpha value is -4.65. The molecule has 1 fully saturated rings. The summed E-state index contributed by atoms with van der Waals surface area (Å²) in [6.07, 6.45) is -0.455. The zero-order valence-electron chi connectivity index (χ0n) is 48.2. The van der Waals surface area contributed by atoms with Gasteiger partial charge >= 0.3 is 17.9 Å². The van der Waals surface area contributed by atoms with Crippen LogP contribution in [0, 0.1) is 0 Å². The average molecular weight is 1000 g/mol. The molecule has 1 saturated heterocycles. The molecule has 3 aromatic carbocycles. The molecule has 1 heterocycles. The van der Waals surface area contributed by atoms with E-state index in [1.807, 2.05) is 71.9 Å². The molecule has 0 saturated carbocycles. The summed E-state index contributed by atoms with van der Waals surface area (Å²) >= 11 is 0. The van der Waals surface area contributed by atoms with Gasteiger partial charge in [-0.1, -0.05) is 161 Å². The second-order valence-corrected chi connectivity index (χ2v) is 26.6. The highest BCUT2D eigenvalue weighted by molar-refractivity contribution is 5.71. The third kappa shape index (κ3) is 15.9. The highest BCUT2D eigenvalue weighted by Crippen LogP contribution is 2.43. The van der Waals surface area contributed by atoms with Gasteiger partial charge in [0.25, 0.3) is 0 Å². The summed E-state index contributed by atoms with van der Waals surface area (Å²) in [6, 6.07) is 11.9. The number of hydrogen-bond donors (Lipinski definition) is 3. The van der Waals surface area contributed by atoms with E-state index in [9.17, 15) is 29.7 Å². The molecule has 3 atom stereocenters. The molecule has 3 aromatic rings. The highest BCUT2D eigenvalue weighted by Gasteiger charge is 2.36. The van der Waals surface area contributed by atoms with E-state index in [4.69, 9.17) is 14.2 Å². The largest absolute Gasteiger partial charge is 0.507 e. The summed E-state index contributed by atoms with van der Waals surface area (Å²) in [4.78, 5) is 46.8. The van der Waals surface area contributed by atoms with Crippen LogP contribution in [0.25, 0.3) is 0 Å². The predicted octanol–water partition coefficient (Wildman–Crippen LogP) is 12.2. The van der Waals surface area contributed by atoms with Crippen molar-refractivity contribution < 1.29 is 43.9 Å². The van der Waals surface area contributed by atoms with Crippen molar-refractivity contribution in [3.8, 4) is 17.2 Å². The first-order valence-electron chi connectivity index (χ1n) is 26.1. The molecule has 0 bridgehead atoms. The first-order chi connectivity index (χ1) is 32.7. The lowest BCUT2D eigenvalue weighted by atomic mass is 9.78. The number of ether oxygens (including phenoxy) is 3. The molecule has 0 amide bonds. The van der Waals surface area contributed by atoms with Crippen LogP contribution < -0.4 is 0 Å². The summed E-state index contributed by atoms with van der Waals surface area (Å²) in [6.45, 7) is 43.4. The van der Waals surface area contributed by atoms with Crippen molar-refractivity contribution in [2.75, 3.05) is 20.0 Å². The van der Waals surface area contributed by atoms with E-state index in [0.717, 1.165) is 50.1 Å². The Kier molecular flexibility index (Phi) is 18.7. The third-order valence-corrected chi connectivity index (χ3v) is 13.7. The zero-order chi connectivity index (χ0) is 54.9. The summed E-state index contributed by atoms with van der Waals surface area (Å²) in [5, 5.41) is 33.8. The molecular weight excluding hydrogens is 907 g/mol. The monoisotopic (exact) mass is 1000 g/mol. The van der Waals surface area contributed by atoms with Crippen LogP contribution in [0.2, 0.25) is 0 Å². The van der Waals surface area contributed by atoms with Crippen molar-refractivity contribution in [1.29, 1.82) is 0 Å². The molecule has 0 aliphatic carbocycles. The molecule has 1 aliphatic heterocycles. The van der Waals surface area contributed by atoms with E-state index in [1.165, 1.54) is 0 Å². The zero-order valence-corrected chi connectivity index (χ0v) is 48.2. The lowest BCUT2D eigenvalue weighted by molar-refractivity contribution is -0.207. The molecule has 1 aliphatic rings. The number of nitrogens with zero attached hydrogens (tertiary/aromatic N) is 3. The fourth-order valence-corrected chi connectivity index (χ4v) is 9.18. The van der Waals surface area contributed by atoms with Crippen LogP contribution in [0.3, 0.4) is 0 Å². The molecule has 4 rings (SSSR count). The number of aromatic hydroxyl groups is 3. The molecule has 0 aromatic heterocycles. The van der Waals surface area contributed by atoms with Crippen molar-refractivity contribution in [3.05, 3.63) is 86.5 Å². The number of carbonyl (C=O) groups excluding carboxylic acids is 3. The predicted molar refractivity (Wildman–Crippen MR) is 288 cm³/mol. The van der Waals surface area contributed by atoms with Crippen molar-refractivity contribution in [1.82, 2.24) is 14.7 Å². The highest BCUT2D eigenvalue weighted by atomic mass is 16.6. The first kappa shape index (κ1) is 59.9. The van der Waals surface area contributed by atoms with Gasteiger partial charge in [0.2, 0.25) is 0 Å². The van der Waals surface area contributed by atoms with E-state index in [-0.39, 0.29) is 107 Å². The van der Waals surface area contributed by atoms with Crippen LogP contribution >= 0.6 is 0 Å². The van der Waals surface area contributed by atoms with E-state index in [0.29, 0.717) is 19.3 Å². The van der Waals surface area contributed by atoms with E-state index in [1.54, 1.807) is 0 Å². The van der Waals surface area contributed by atoms with Gasteiger partial charge in [0.15, 0.2) is 18.7 Å². The SMILES string of the molecule is CC(OC(=O)CCc1cc(C(C)(C)C)c(O)c(C(C)(C)C)c1)N1CN(C(C)OC(=O)CCc2cc(C(C)(C)C)c(O)c(C(C)(C)C)c2)CN(C(C)OC(=O)CCc2cc(C(C)(C)C)c(O)c(C(C)(C)C)c2)C1. The average Bonchev–Trinajstić information content (AvgIpc) is 3.22. The topological polar surface area (TPSA) is 149 Å². The molecular formula is C60H93N3O9. The van der Waals surface area contributed by atoms with Gasteiger partial charge in [-0.05, 0) is 123 Å². The Labute approximate surface area is 433 Å². The van der Waals surface area contributed by atoms with E-state index in [2.05, 4.69) is 125 Å². The lowest BCUT2D eigenvalue weighted by Crippen LogP contribution is -2.62. The first-order valence-corrected chi connectivity index (χ1v) is 26.1. The smallest absolute Gasteiger partial charge is 0.307 e. The van der Waals surface area contributed by atoms with Crippen LogP contribution in [0.1, 0.15) is 215 Å². The number of aryl methyl sites for hydroxylation is 3. The van der Waals surface area contributed by atoms with Crippen molar-refractivity contribution >= 4 is 17.9 Å². The fraction of sp³-hybridized carbons (Fsp3) is 0.650.